The lowest BCUT2D eigenvalue weighted by Crippen LogP contribution is -2.30. The summed E-state index contributed by atoms with van der Waals surface area (Å²) in [6, 6.07) is 7.10. The highest BCUT2D eigenvalue weighted by atomic mass is 32.1. The normalized spacial score (nSPS) is 13.7. The van der Waals surface area contributed by atoms with Crippen molar-refractivity contribution in [2.45, 2.75) is 129 Å². The maximum Gasteiger partial charge on any atom is 0.527 e. The molecule has 42 heavy (non-hydrogen) atoms. The Morgan fingerprint density at radius 3 is 1.88 bits per heavy atom. The summed E-state index contributed by atoms with van der Waals surface area (Å²) in [6.07, 6.45) is 23.1. The molecule has 0 aliphatic carbocycles. The van der Waals surface area contributed by atoms with Crippen molar-refractivity contribution in [3.8, 4) is 5.75 Å². The van der Waals surface area contributed by atoms with Crippen molar-refractivity contribution in [3.05, 3.63) is 46.4 Å². The highest BCUT2D eigenvalue weighted by molar-refractivity contribution is 7.47. The van der Waals surface area contributed by atoms with Crippen molar-refractivity contribution in [2.24, 2.45) is 0 Å². The van der Waals surface area contributed by atoms with Crippen LogP contribution in [0.15, 0.2) is 36.0 Å². The van der Waals surface area contributed by atoms with E-state index < -0.39 is 13.9 Å². The third-order valence-electron chi connectivity index (χ3n) is 7.43. The van der Waals surface area contributed by atoms with Gasteiger partial charge in [0.25, 0.3) is 0 Å². The highest BCUT2D eigenvalue weighted by Crippen LogP contribution is 2.44. The maximum atomic E-state index is 12.4. The molecule has 1 N–H and O–H groups in total. The zero-order chi connectivity index (χ0) is 30.3. The zero-order valence-electron chi connectivity index (χ0n) is 26.5. The Kier molecular flexibility index (Phi) is 20.3. The molecule has 2 rings (SSSR count). The lowest BCUT2D eigenvalue weighted by atomic mass is 10.0. The third kappa shape index (κ3) is 18.4. The Morgan fingerprint density at radius 1 is 0.833 bits per heavy atom. The summed E-state index contributed by atoms with van der Waals surface area (Å²) in [7, 11) is -2.73. The summed E-state index contributed by atoms with van der Waals surface area (Å²) in [5.74, 6) is 0.282. The number of unbranched alkanes of at least 4 members (excludes halogenated alkanes) is 15. The van der Waals surface area contributed by atoms with Crippen LogP contribution in [0.25, 0.3) is 0 Å². The number of benzene rings is 1. The molecule has 0 fully saturated rings. The van der Waals surface area contributed by atoms with Gasteiger partial charge in [0.05, 0.1) is 18.1 Å². The Balaban J connectivity index is 1.44. The van der Waals surface area contributed by atoms with Crippen LogP contribution in [0.2, 0.25) is 0 Å². The molecule has 1 aromatic carbocycles. The van der Waals surface area contributed by atoms with Crippen molar-refractivity contribution in [1.82, 2.24) is 0 Å². The number of phosphoric acid groups is 1. The molecule has 9 heteroatoms. The van der Waals surface area contributed by atoms with E-state index in [0.29, 0.717) is 13.2 Å². The summed E-state index contributed by atoms with van der Waals surface area (Å²) in [5.41, 5.74) is 3.13. The molecule has 2 aromatic rings. The average molecular weight is 627 g/mol. The molecular formula is C33H57NO6PS+. The second-order valence-electron chi connectivity index (χ2n) is 11.4. The minimum atomic E-state index is -4.28. The number of aryl methyl sites for hydroxylation is 1. The fraction of sp³-hybridized carbons (Fsp3) is 0.727. The first kappa shape index (κ1) is 36.9. The highest BCUT2D eigenvalue weighted by Gasteiger charge is 2.25. The molecule has 2 unspecified atom stereocenters. The number of ether oxygens (including phenoxy) is 2. The molecule has 0 saturated heterocycles. The maximum absolute atomic E-state index is 12.4. The number of nitrogens with zero attached hydrogens (tertiary/aromatic N) is 1. The molecule has 0 spiro atoms. The monoisotopic (exact) mass is 626 g/mol. The number of hydrogen-bond acceptors (Lipinski definition) is 6. The van der Waals surface area contributed by atoms with E-state index in [4.69, 9.17) is 18.5 Å². The second kappa shape index (κ2) is 23.1. The number of methoxy groups -OCH3 is 1. The van der Waals surface area contributed by atoms with Crippen LogP contribution in [-0.4, -0.2) is 37.9 Å². The first-order valence-corrected chi connectivity index (χ1v) is 18.6. The quantitative estimate of drug-likeness (QED) is 0.0605. The number of aromatic nitrogens is 1. The smallest absolute Gasteiger partial charge is 0.404 e. The van der Waals surface area contributed by atoms with Crippen LogP contribution in [0.5, 0.6) is 5.75 Å². The Morgan fingerprint density at radius 2 is 1.38 bits per heavy atom. The van der Waals surface area contributed by atoms with Crippen molar-refractivity contribution >= 4 is 19.2 Å². The van der Waals surface area contributed by atoms with Crippen molar-refractivity contribution in [3.63, 3.8) is 0 Å². The van der Waals surface area contributed by atoms with Crippen LogP contribution in [-0.2, 0) is 25.1 Å². The van der Waals surface area contributed by atoms with Gasteiger partial charge < -0.3 is 14.0 Å². The van der Waals surface area contributed by atoms with Gasteiger partial charge in [0.1, 0.15) is 11.9 Å². The zero-order valence-corrected chi connectivity index (χ0v) is 28.2. The fourth-order valence-electron chi connectivity index (χ4n) is 4.88. The first-order chi connectivity index (χ1) is 20.4. The molecule has 2 atom stereocenters. The second-order valence-corrected chi connectivity index (χ2v) is 13.8. The molecule has 0 amide bonds. The van der Waals surface area contributed by atoms with Crippen LogP contribution >= 0.6 is 19.2 Å². The summed E-state index contributed by atoms with van der Waals surface area (Å²) in [6.45, 7) is 5.95. The minimum Gasteiger partial charge on any atom is -0.404 e. The van der Waals surface area contributed by atoms with Gasteiger partial charge in [-0.05, 0) is 37.6 Å². The van der Waals surface area contributed by atoms with Gasteiger partial charge in [0.2, 0.25) is 5.51 Å². The number of phosphoric ester groups is 1. The van der Waals surface area contributed by atoms with Gasteiger partial charge in [-0.2, -0.15) is 4.57 Å². The SMILES string of the molecule is CCCCCCCCCCCCCCCCCCOCC(COP(=O)(O)Oc1ccc(C[n+]2csc(C)c2)cc1)OC. The van der Waals surface area contributed by atoms with E-state index in [-0.39, 0.29) is 12.4 Å². The molecule has 1 aromatic heterocycles. The van der Waals surface area contributed by atoms with Gasteiger partial charge in [0.15, 0.2) is 12.7 Å². The molecule has 0 bridgehead atoms. The first-order valence-electron chi connectivity index (χ1n) is 16.2. The largest absolute Gasteiger partial charge is 0.527 e. The molecular weight excluding hydrogens is 569 g/mol. The fourth-order valence-corrected chi connectivity index (χ4v) is 6.31. The topological polar surface area (TPSA) is 78.1 Å². The van der Waals surface area contributed by atoms with Gasteiger partial charge >= 0.3 is 7.82 Å². The average Bonchev–Trinajstić information content (AvgIpc) is 3.39. The molecule has 1 heterocycles. The Bertz CT molecular complexity index is 970. The molecule has 0 saturated carbocycles. The number of thiazole rings is 1. The standard InChI is InChI=1S/C33H56NO6PS/c1-4-5-6-7-8-9-10-11-12-13-14-15-16-17-18-19-24-38-27-33(37-3)28-39-41(35,36)40-32-22-20-31(21-23-32)26-34-25-30(2)42-29-34/h20-23,25,29,33H,4-19,24,26-28H2,1-3H3/p+1. The van der Waals surface area contributed by atoms with E-state index in [1.165, 1.54) is 94.8 Å². The van der Waals surface area contributed by atoms with Crippen LogP contribution in [0.4, 0.5) is 0 Å². The lowest BCUT2D eigenvalue weighted by Gasteiger charge is -2.18. The minimum absolute atomic E-state index is 0.0878. The van der Waals surface area contributed by atoms with Gasteiger partial charge in [-0.3, -0.25) is 9.42 Å². The van der Waals surface area contributed by atoms with Gasteiger partial charge in [-0.25, -0.2) is 4.57 Å². The third-order valence-corrected chi connectivity index (χ3v) is 9.20. The van der Waals surface area contributed by atoms with Crippen LogP contribution in [0.3, 0.4) is 0 Å². The summed E-state index contributed by atoms with van der Waals surface area (Å²) < 4.78 is 36.1. The van der Waals surface area contributed by atoms with Crippen molar-refractivity contribution in [2.75, 3.05) is 26.9 Å². The Labute approximate surface area is 259 Å². The Hall–Kier alpha value is -1.28. The van der Waals surface area contributed by atoms with Gasteiger partial charge in [-0.15, -0.1) is 0 Å². The molecule has 7 nitrogen and oxygen atoms in total. The predicted octanol–water partition coefficient (Wildman–Crippen LogP) is 9.18. The van der Waals surface area contributed by atoms with Gasteiger partial charge in [0, 0.05) is 19.3 Å². The molecule has 240 valence electrons. The van der Waals surface area contributed by atoms with Gasteiger partial charge in [-0.1, -0.05) is 115 Å². The lowest BCUT2D eigenvalue weighted by molar-refractivity contribution is -0.683. The van der Waals surface area contributed by atoms with Crippen LogP contribution in [0.1, 0.15) is 120 Å². The number of rotatable bonds is 27. The van der Waals surface area contributed by atoms with E-state index in [1.54, 1.807) is 30.6 Å². The summed E-state index contributed by atoms with van der Waals surface area (Å²) >= 11 is 1.69. The van der Waals surface area contributed by atoms with E-state index in [9.17, 15) is 9.46 Å². The van der Waals surface area contributed by atoms with E-state index in [0.717, 1.165) is 24.9 Å². The van der Waals surface area contributed by atoms with Crippen LogP contribution in [0, 0.1) is 6.92 Å². The predicted molar refractivity (Wildman–Crippen MR) is 172 cm³/mol. The molecule has 0 aliphatic rings. The summed E-state index contributed by atoms with van der Waals surface area (Å²) in [4.78, 5) is 11.4. The molecule has 0 aliphatic heterocycles. The van der Waals surface area contributed by atoms with E-state index in [1.807, 2.05) is 12.1 Å². The van der Waals surface area contributed by atoms with Crippen molar-refractivity contribution in [1.29, 1.82) is 0 Å². The van der Waals surface area contributed by atoms with Crippen molar-refractivity contribution < 1.29 is 32.5 Å². The van der Waals surface area contributed by atoms with Crippen LogP contribution < -0.4 is 9.09 Å². The summed E-state index contributed by atoms with van der Waals surface area (Å²) in [5, 5.41) is 0. The van der Waals surface area contributed by atoms with E-state index >= 15 is 0 Å². The number of hydrogen-bond donors (Lipinski definition) is 1. The van der Waals surface area contributed by atoms with E-state index in [2.05, 4.69) is 30.1 Å². The molecule has 0 radical (unpaired) electrons.